The first kappa shape index (κ1) is 14.0. The first-order valence-corrected chi connectivity index (χ1v) is 7.89. The number of nitrogens with one attached hydrogen (secondary N) is 1. The molecule has 0 saturated carbocycles. The Labute approximate surface area is 127 Å². The third kappa shape index (κ3) is 3.04. The van der Waals surface area contributed by atoms with Crippen molar-refractivity contribution in [2.75, 3.05) is 26.2 Å². The maximum absolute atomic E-state index is 13.6. The Kier molecular flexibility index (Phi) is 4.36. The minimum Gasteiger partial charge on any atom is -0.314 e. The maximum atomic E-state index is 13.6. The number of benzene rings is 1. The quantitative estimate of drug-likeness (QED) is 0.933. The van der Waals surface area contributed by atoms with Crippen LogP contribution in [0.25, 0.3) is 0 Å². The monoisotopic (exact) mass is 310 g/mol. The summed E-state index contributed by atoms with van der Waals surface area (Å²) in [5.41, 5.74) is 0.991. The second-order valence-corrected chi connectivity index (χ2v) is 6.63. The molecular formula is C15H16ClFN2S. The number of nitrogens with zero attached hydrogens (tertiary/aromatic N) is 1. The van der Waals surface area contributed by atoms with Gasteiger partial charge >= 0.3 is 0 Å². The molecule has 0 bridgehead atoms. The zero-order valence-corrected chi connectivity index (χ0v) is 12.6. The minimum atomic E-state index is -0.190. The van der Waals surface area contributed by atoms with Crippen molar-refractivity contribution in [3.63, 3.8) is 0 Å². The SMILES string of the molecule is Fc1cccc([C@@H](c2ccc(Cl)s2)N2CCNCC2)c1. The summed E-state index contributed by atoms with van der Waals surface area (Å²) in [6.07, 6.45) is 0. The molecule has 1 aromatic heterocycles. The molecule has 2 heterocycles. The van der Waals surface area contributed by atoms with Crippen LogP contribution in [0.2, 0.25) is 4.34 Å². The van der Waals surface area contributed by atoms with Gasteiger partial charge in [0, 0.05) is 31.1 Å². The van der Waals surface area contributed by atoms with Gasteiger partial charge in [0.05, 0.1) is 10.4 Å². The van der Waals surface area contributed by atoms with E-state index in [9.17, 15) is 4.39 Å². The van der Waals surface area contributed by atoms with Gasteiger partial charge in [-0.3, -0.25) is 4.90 Å². The van der Waals surface area contributed by atoms with Crippen LogP contribution in [0.4, 0.5) is 4.39 Å². The van der Waals surface area contributed by atoms with E-state index in [-0.39, 0.29) is 11.9 Å². The first-order chi connectivity index (χ1) is 9.74. The molecule has 1 aromatic carbocycles. The molecule has 3 rings (SSSR count). The van der Waals surface area contributed by atoms with Gasteiger partial charge in [-0.15, -0.1) is 11.3 Å². The van der Waals surface area contributed by atoms with Crippen molar-refractivity contribution in [3.05, 3.63) is 57.0 Å². The van der Waals surface area contributed by atoms with Crippen LogP contribution in [0, 0.1) is 5.82 Å². The third-order valence-corrected chi connectivity index (χ3v) is 4.83. The Bertz CT molecular complexity index is 581. The van der Waals surface area contributed by atoms with E-state index in [1.165, 1.54) is 10.9 Å². The van der Waals surface area contributed by atoms with Gasteiger partial charge in [0.2, 0.25) is 0 Å². The predicted molar refractivity (Wildman–Crippen MR) is 82.0 cm³/mol. The molecule has 1 N–H and O–H groups in total. The number of halogens is 2. The average molecular weight is 311 g/mol. The molecule has 5 heteroatoms. The smallest absolute Gasteiger partial charge is 0.123 e. The van der Waals surface area contributed by atoms with Crippen molar-refractivity contribution in [2.24, 2.45) is 0 Å². The molecule has 0 spiro atoms. The summed E-state index contributed by atoms with van der Waals surface area (Å²) in [5.74, 6) is -0.190. The number of hydrogen-bond acceptors (Lipinski definition) is 3. The second kappa shape index (κ2) is 6.22. The Morgan fingerprint density at radius 1 is 1.20 bits per heavy atom. The lowest BCUT2D eigenvalue weighted by molar-refractivity contribution is 0.200. The zero-order chi connectivity index (χ0) is 13.9. The van der Waals surface area contributed by atoms with Gasteiger partial charge < -0.3 is 5.32 Å². The summed E-state index contributed by atoms with van der Waals surface area (Å²) >= 11 is 7.65. The molecule has 20 heavy (non-hydrogen) atoms. The number of piperazine rings is 1. The third-order valence-electron chi connectivity index (χ3n) is 3.54. The van der Waals surface area contributed by atoms with Gasteiger partial charge in [-0.05, 0) is 29.8 Å². The van der Waals surface area contributed by atoms with E-state index in [1.807, 2.05) is 18.2 Å². The lowest BCUT2D eigenvalue weighted by Gasteiger charge is -2.34. The molecule has 0 aliphatic carbocycles. The predicted octanol–water partition coefficient (Wildman–Crippen LogP) is 3.54. The number of hydrogen-bond donors (Lipinski definition) is 1. The van der Waals surface area contributed by atoms with Crippen LogP contribution < -0.4 is 5.32 Å². The van der Waals surface area contributed by atoms with Gasteiger partial charge in [-0.1, -0.05) is 23.7 Å². The molecule has 0 radical (unpaired) electrons. The molecule has 0 unspecified atom stereocenters. The Hall–Kier alpha value is -0.940. The maximum Gasteiger partial charge on any atom is 0.123 e. The van der Waals surface area contributed by atoms with Crippen molar-refractivity contribution in [2.45, 2.75) is 6.04 Å². The van der Waals surface area contributed by atoms with Gasteiger partial charge in [0.15, 0.2) is 0 Å². The number of thiophene rings is 1. The molecule has 0 amide bonds. The highest BCUT2D eigenvalue weighted by atomic mass is 35.5. The molecule has 1 aliphatic rings. The Balaban J connectivity index is 1.98. The van der Waals surface area contributed by atoms with Crippen molar-refractivity contribution in [1.82, 2.24) is 10.2 Å². The van der Waals surface area contributed by atoms with Gasteiger partial charge in [-0.2, -0.15) is 0 Å². The molecule has 1 fully saturated rings. The second-order valence-electron chi connectivity index (χ2n) is 4.89. The van der Waals surface area contributed by atoms with Crippen LogP contribution in [0.15, 0.2) is 36.4 Å². The molecular weight excluding hydrogens is 295 g/mol. The van der Waals surface area contributed by atoms with Crippen LogP contribution in [0.1, 0.15) is 16.5 Å². The van der Waals surface area contributed by atoms with E-state index in [0.717, 1.165) is 36.1 Å². The summed E-state index contributed by atoms with van der Waals surface area (Å²) in [6, 6.07) is 10.9. The van der Waals surface area contributed by atoms with Gasteiger partial charge in [0.25, 0.3) is 0 Å². The highest BCUT2D eigenvalue weighted by molar-refractivity contribution is 7.16. The van der Waals surface area contributed by atoms with E-state index < -0.39 is 0 Å². The lowest BCUT2D eigenvalue weighted by atomic mass is 10.0. The van der Waals surface area contributed by atoms with Gasteiger partial charge in [-0.25, -0.2) is 4.39 Å². The fraction of sp³-hybridized carbons (Fsp3) is 0.333. The van der Waals surface area contributed by atoms with Gasteiger partial charge in [0.1, 0.15) is 5.82 Å². The van der Waals surface area contributed by atoms with Crippen LogP contribution in [0.3, 0.4) is 0 Å². The highest BCUT2D eigenvalue weighted by Crippen LogP contribution is 2.35. The number of rotatable bonds is 3. The fourth-order valence-electron chi connectivity index (χ4n) is 2.65. The standard InChI is InChI=1S/C15H16ClFN2S/c16-14-5-4-13(20-14)15(19-8-6-18-7-9-19)11-2-1-3-12(17)10-11/h1-5,10,15,18H,6-9H2/t15-/m0/s1. The van der Waals surface area contributed by atoms with E-state index in [0.29, 0.717) is 0 Å². The largest absolute Gasteiger partial charge is 0.314 e. The molecule has 1 aliphatic heterocycles. The van der Waals surface area contributed by atoms with Crippen molar-refractivity contribution in [3.8, 4) is 0 Å². The summed E-state index contributed by atoms with van der Waals surface area (Å²) in [5, 5.41) is 3.35. The van der Waals surface area contributed by atoms with E-state index >= 15 is 0 Å². The average Bonchev–Trinajstić information content (AvgIpc) is 2.87. The van der Waals surface area contributed by atoms with E-state index in [4.69, 9.17) is 11.6 Å². The topological polar surface area (TPSA) is 15.3 Å². The highest BCUT2D eigenvalue weighted by Gasteiger charge is 2.25. The summed E-state index contributed by atoms with van der Waals surface area (Å²) in [7, 11) is 0. The molecule has 2 aromatic rings. The van der Waals surface area contributed by atoms with Crippen LogP contribution in [-0.4, -0.2) is 31.1 Å². The van der Waals surface area contributed by atoms with E-state index in [1.54, 1.807) is 23.5 Å². The van der Waals surface area contributed by atoms with Crippen molar-refractivity contribution < 1.29 is 4.39 Å². The lowest BCUT2D eigenvalue weighted by Crippen LogP contribution is -2.45. The normalized spacial score (nSPS) is 18.1. The molecule has 1 atom stereocenters. The fourth-order valence-corrected chi connectivity index (χ4v) is 3.87. The van der Waals surface area contributed by atoms with E-state index in [2.05, 4.69) is 10.2 Å². The zero-order valence-electron chi connectivity index (χ0n) is 11.0. The van der Waals surface area contributed by atoms with Crippen LogP contribution in [-0.2, 0) is 0 Å². The summed E-state index contributed by atoms with van der Waals surface area (Å²) in [6.45, 7) is 3.84. The van der Waals surface area contributed by atoms with Crippen LogP contribution >= 0.6 is 22.9 Å². The molecule has 1 saturated heterocycles. The summed E-state index contributed by atoms with van der Waals surface area (Å²) < 4.78 is 14.3. The Morgan fingerprint density at radius 3 is 2.65 bits per heavy atom. The summed E-state index contributed by atoms with van der Waals surface area (Å²) in [4.78, 5) is 3.55. The van der Waals surface area contributed by atoms with Crippen LogP contribution in [0.5, 0.6) is 0 Å². The minimum absolute atomic E-state index is 0.0882. The van der Waals surface area contributed by atoms with Crippen molar-refractivity contribution >= 4 is 22.9 Å². The first-order valence-electron chi connectivity index (χ1n) is 6.69. The van der Waals surface area contributed by atoms with Crippen molar-refractivity contribution in [1.29, 1.82) is 0 Å². The Morgan fingerprint density at radius 2 is 2.00 bits per heavy atom. The molecule has 106 valence electrons. The molecule has 2 nitrogen and oxygen atoms in total.